The van der Waals surface area contributed by atoms with Gasteiger partial charge >= 0.3 is 0 Å². The number of benzene rings is 2. The Balaban J connectivity index is 1.84. The van der Waals surface area contributed by atoms with Crippen molar-refractivity contribution in [3.8, 4) is 0 Å². The molecule has 3 nitrogen and oxygen atoms in total. The zero-order valence-corrected chi connectivity index (χ0v) is 15.1. The summed E-state index contributed by atoms with van der Waals surface area (Å²) in [7, 11) is 1.70. The largest absolute Gasteiger partial charge is 0.372 e. The van der Waals surface area contributed by atoms with Gasteiger partial charge in [-0.1, -0.05) is 67.6 Å². The van der Waals surface area contributed by atoms with Crippen LogP contribution in [0.3, 0.4) is 0 Å². The van der Waals surface area contributed by atoms with Gasteiger partial charge in [0, 0.05) is 12.9 Å². The van der Waals surface area contributed by atoms with E-state index in [0.29, 0.717) is 12.3 Å². The number of nitrogens with one attached hydrogen (secondary N) is 1. The molecule has 4 heteroatoms. The first kappa shape index (κ1) is 18.6. The summed E-state index contributed by atoms with van der Waals surface area (Å²) >= 11 is 1.62. The molecule has 0 aliphatic heterocycles. The number of ether oxygens (including phenoxy) is 1. The van der Waals surface area contributed by atoms with Gasteiger partial charge < -0.3 is 10.1 Å². The fourth-order valence-corrected chi connectivity index (χ4v) is 3.45. The Labute approximate surface area is 148 Å². The third kappa shape index (κ3) is 5.11. The molecule has 0 bridgehead atoms. The standard InChI is InChI=1S/C20H25NO2S/c1-3-20(23-2,18-12-8-5-9-13-18)16-21-19(22)15-24-14-17-10-6-4-7-11-17/h4-13H,3,14-16H2,1-2H3,(H,21,22). The maximum Gasteiger partial charge on any atom is 0.230 e. The van der Waals surface area contributed by atoms with Crippen molar-refractivity contribution in [3.63, 3.8) is 0 Å². The van der Waals surface area contributed by atoms with Crippen LogP contribution in [0.1, 0.15) is 24.5 Å². The Morgan fingerprint density at radius 3 is 2.29 bits per heavy atom. The summed E-state index contributed by atoms with van der Waals surface area (Å²) in [5, 5.41) is 3.03. The minimum Gasteiger partial charge on any atom is -0.372 e. The van der Waals surface area contributed by atoms with Gasteiger partial charge in [0.1, 0.15) is 5.60 Å². The molecule has 0 saturated heterocycles. The summed E-state index contributed by atoms with van der Waals surface area (Å²) in [6, 6.07) is 20.3. The van der Waals surface area contributed by atoms with Gasteiger partial charge in [0.25, 0.3) is 0 Å². The molecule has 1 N–H and O–H groups in total. The molecule has 0 saturated carbocycles. The van der Waals surface area contributed by atoms with Crippen molar-refractivity contribution in [1.29, 1.82) is 0 Å². The van der Waals surface area contributed by atoms with Crippen LogP contribution < -0.4 is 5.32 Å². The first-order valence-corrected chi connectivity index (χ1v) is 9.34. The fraction of sp³-hybridized carbons (Fsp3) is 0.350. The zero-order chi connectivity index (χ0) is 17.3. The highest BCUT2D eigenvalue weighted by molar-refractivity contribution is 7.99. The average Bonchev–Trinajstić information content (AvgIpc) is 2.65. The number of thioether (sulfide) groups is 1. The first-order chi connectivity index (χ1) is 11.7. The second kappa shape index (κ2) is 9.50. The maximum absolute atomic E-state index is 12.2. The number of carbonyl (C=O) groups excluding carboxylic acids is 1. The van der Waals surface area contributed by atoms with E-state index >= 15 is 0 Å². The van der Waals surface area contributed by atoms with Crippen LogP contribution in [0.4, 0.5) is 0 Å². The molecule has 2 aromatic carbocycles. The van der Waals surface area contributed by atoms with Crippen molar-refractivity contribution in [3.05, 3.63) is 71.8 Å². The number of carbonyl (C=O) groups is 1. The molecule has 1 amide bonds. The number of hydrogen-bond donors (Lipinski definition) is 1. The van der Waals surface area contributed by atoms with Crippen LogP contribution in [0.5, 0.6) is 0 Å². The molecule has 0 aliphatic rings. The summed E-state index contributed by atoms with van der Waals surface area (Å²) < 4.78 is 5.78. The van der Waals surface area contributed by atoms with Gasteiger partial charge in [-0.25, -0.2) is 0 Å². The lowest BCUT2D eigenvalue weighted by molar-refractivity contribution is -0.120. The van der Waals surface area contributed by atoms with Gasteiger partial charge in [-0.2, -0.15) is 0 Å². The first-order valence-electron chi connectivity index (χ1n) is 8.19. The molecule has 0 heterocycles. The highest BCUT2D eigenvalue weighted by Crippen LogP contribution is 2.28. The number of amides is 1. The molecule has 24 heavy (non-hydrogen) atoms. The van der Waals surface area contributed by atoms with E-state index in [9.17, 15) is 4.79 Å². The van der Waals surface area contributed by atoms with Crippen molar-refractivity contribution >= 4 is 17.7 Å². The molecule has 1 unspecified atom stereocenters. The van der Waals surface area contributed by atoms with Crippen LogP contribution in [-0.4, -0.2) is 25.3 Å². The van der Waals surface area contributed by atoms with E-state index in [-0.39, 0.29) is 5.91 Å². The number of hydrogen-bond acceptors (Lipinski definition) is 3. The van der Waals surface area contributed by atoms with Crippen molar-refractivity contribution < 1.29 is 9.53 Å². The molecule has 0 radical (unpaired) electrons. The predicted octanol–water partition coefficient (Wildman–Crippen LogP) is 3.99. The van der Waals surface area contributed by atoms with Gasteiger partial charge in [0.15, 0.2) is 0 Å². The summed E-state index contributed by atoms with van der Waals surface area (Å²) in [5.41, 5.74) is 1.85. The van der Waals surface area contributed by atoms with Gasteiger partial charge in [-0.3, -0.25) is 4.79 Å². The topological polar surface area (TPSA) is 38.3 Å². The van der Waals surface area contributed by atoms with Crippen molar-refractivity contribution in [2.45, 2.75) is 24.7 Å². The summed E-state index contributed by atoms with van der Waals surface area (Å²) in [6.45, 7) is 2.56. The maximum atomic E-state index is 12.2. The highest BCUT2D eigenvalue weighted by atomic mass is 32.2. The fourth-order valence-electron chi connectivity index (χ4n) is 2.64. The van der Waals surface area contributed by atoms with E-state index in [1.807, 2.05) is 48.5 Å². The van der Waals surface area contributed by atoms with E-state index in [1.165, 1.54) is 5.56 Å². The number of methoxy groups -OCH3 is 1. The van der Waals surface area contributed by atoms with E-state index < -0.39 is 5.60 Å². The summed E-state index contributed by atoms with van der Waals surface area (Å²) in [6.07, 6.45) is 0.797. The predicted molar refractivity (Wildman–Crippen MR) is 101 cm³/mol. The van der Waals surface area contributed by atoms with E-state index in [4.69, 9.17) is 4.74 Å². The minimum absolute atomic E-state index is 0.0433. The van der Waals surface area contributed by atoms with Gasteiger partial charge in [0.2, 0.25) is 5.91 Å². The quantitative estimate of drug-likeness (QED) is 0.748. The Morgan fingerprint density at radius 1 is 1.08 bits per heavy atom. The second-order valence-corrected chi connectivity index (χ2v) is 6.66. The lowest BCUT2D eigenvalue weighted by Gasteiger charge is -2.32. The van der Waals surface area contributed by atoms with Crippen LogP contribution in [0.2, 0.25) is 0 Å². The Hall–Kier alpha value is -1.78. The molecule has 2 rings (SSSR count). The molecule has 0 aliphatic carbocycles. The van der Waals surface area contributed by atoms with Crippen molar-refractivity contribution in [2.75, 3.05) is 19.4 Å². The Bertz CT molecular complexity index is 612. The lowest BCUT2D eigenvalue weighted by atomic mass is 9.90. The van der Waals surface area contributed by atoms with Crippen molar-refractivity contribution in [2.24, 2.45) is 0 Å². The molecule has 2 aromatic rings. The van der Waals surface area contributed by atoms with Crippen LogP contribution in [0.25, 0.3) is 0 Å². The van der Waals surface area contributed by atoms with Crippen LogP contribution in [0.15, 0.2) is 60.7 Å². The summed E-state index contributed by atoms with van der Waals surface area (Å²) in [4.78, 5) is 12.2. The zero-order valence-electron chi connectivity index (χ0n) is 14.3. The molecule has 128 valence electrons. The van der Waals surface area contributed by atoms with Gasteiger partial charge in [-0.05, 0) is 17.5 Å². The van der Waals surface area contributed by atoms with E-state index in [1.54, 1.807) is 18.9 Å². The van der Waals surface area contributed by atoms with Crippen LogP contribution in [0, 0.1) is 0 Å². The molecule has 1 atom stereocenters. The summed E-state index contributed by atoms with van der Waals surface area (Å²) in [5.74, 6) is 1.34. The molecule has 0 fully saturated rings. The monoisotopic (exact) mass is 343 g/mol. The van der Waals surface area contributed by atoms with Gasteiger partial charge in [0.05, 0.1) is 12.3 Å². The molecular weight excluding hydrogens is 318 g/mol. The third-order valence-electron chi connectivity index (χ3n) is 4.18. The lowest BCUT2D eigenvalue weighted by Crippen LogP contribution is -2.42. The smallest absolute Gasteiger partial charge is 0.230 e. The molecule has 0 spiro atoms. The van der Waals surface area contributed by atoms with Crippen LogP contribution >= 0.6 is 11.8 Å². The van der Waals surface area contributed by atoms with Crippen molar-refractivity contribution in [1.82, 2.24) is 5.32 Å². The van der Waals surface area contributed by atoms with Crippen LogP contribution in [-0.2, 0) is 20.9 Å². The average molecular weight is 343 g/mol. The minimum atomic E-state index is -0.471. The Kier molecular flexibility index (Phi) is 7.35. The molecule has 0 aromatic heterocycles. The van der Waals surface area contributed by atoms with Gasteiger partial charge in [-0.15, -0.1) is 11.8 Å². The molecular formula is C20H25NO2S. The Morgan fingerprint density at radius 2 is 1.71 bits per heavy atom. The highest BCUT2D eigenvalue weighted by Gasteiger charge is 2.30. The normalized spacial score (nSPS) is 13.2. The van der Waals surface area contributed by atoms with E-state index in [2.05, 4.69) is 24.4 Å². The van der Waals surface area contributed by atoms with E-state index in [0.717, 1.165) is 17.7 Å². The second-order valence-electron chi connectivity index (χ2n) is 5.67. The number of rotatable bonds is 9. The SMILES string of the molecule is CCC(CNC(=O)CSCc1ccccc1)(OC)c1ccccc1. The third-order valence-corrected chi connectivity index (χ3v) is 5.18.